The van der Waals surface area contributed by atoms with Gasteiger partial charge in [0, 0.05) is 31.8 Å². The van der Waals surface area contributed by atoms with Crippen molar-refractivity contribution in [2.75, 3.05) is 33.4 Å². The van der Waals surface area contributed by atoms with Gasteiger partial charge in [-0.25, -0.2) is 0 Å². The van der Waals surface area contributed by atoms with Gasteiger partial charge in [0.05, 0.1) is 6.61 Å². The van der Waals surface area contributed by atoms with Gasteiger partial charge in [0.2, 0.25) is 0 Å². The standard InChI is InChI=1S/C17H26N2O2/c1-3-14-6-8-15(9-7-14)17(20)19(11-12-21-2)13-16-5-4-10-18-16/h6-9,16,18H,3-5,10-13H2,1-2H3. The summed E-state index contributed by atoms with van der Waals surface area (Å²) in [6.07, 6.45) is 3.33. The maximum absolute atomic E-state index is 12.7. The van der Waals surface area contributed by atoms with Crippen molar-refractivity contribution in [1.29, 1.82) is 0 Å². The highest BCUT2D eigenvalue weighted by Crippen LogP contribution is 2.12. The molecule has 0 spiro atoms. The first-order valence-electron chi connectivity index (χ1n) is 7.85. The van der Waals surface area contributed by atoms with Crippen molar-refractivity contribution in [1.82, 2.24) is 10.2 Å². The van der Waals surface area contributed by atoms with Crippen molar-refractivity contribution in [2.45, 2.75) is 32.2 Å². The minimum Gasteiger partial charge on any atom is -0.383 e. The molecule has 21 heavy (non-hydrogen) atoms. The van der Waals surface area contributed by atoms with E-state index in [1.54, 1.807) is 7.11 Å². The molecule has 0 radical (unpaired) electrons. The Balaban J connectivity index is 2.03. The summed E-state index contributed by atoms with van der Waals surface area (Å²) in [4.78, 5) is 14.6. The van der Waals surface area contributed by atoms with Gasteiger partial charge >= 0.3 is 0 Å². The summed E-state index contributed by atoms with van der Waals surface area (Å²) in [6.45, 7) is 5.15. The molecular formula is C17H26N2O2. The fourth-order valence-corrected chi connectivity index (χ4v) is 2.72. The molecule has 1 N–H and O–H groups in total. The van der Waals surface area contributed by atoms with Crippen LogP contribution in [0.15, 0.2) is 24.3 Å². The quantitative estimate of drug-likeness (QED) is 0.836. The summed E-state index contributed by atoms with van der Waals surface area (Å²) in [6, 6.07) is 8.36. The van der Waals surface area contributed by atoms with Gasteiger partial charge in [0.15, 0.2) is 0 Å². The van der Waals surface area contributed by atoms with Gasteiger partial charge in [-0.05, 0) is 43.5 Å². The highest BCUT2D eigenvalue weighted by molar-refractivity contribution is 5.94. The van der Waals surface area contributed by atoms with E-state index in [0.717, 1.165) is 31.5 Å². The first-order valence-corrected chi connectivity index (χ1v) is 7.85. The predicted molar refractivity (Wildman–Crippen MR) is 84.6 cm³/mol. The lowest BCUT2D eigenvalue weighted by atomic mass is 10.1. The Labute approximate surface area is 127 Å². The van der Waals surface area contributed by atoms with Crippen LogP contribution in [0.3, 0.4) is 0 Å². The molecule has 0 saturated carbocycles. The van der Waals surface area contributed by atoms with E-state index in [-0.39, 0.29) is 5.91 Å². The topological polar surface area (TPSA) is 41.6 Å². The van der Waals surface area contributed by atoms with Crippen molar-refractivity contribution in [3.8, 4) is 0 Å². The van der Waals surface area contributed by atoms with Gasteiger partial charge in [0.25, 0.3) is 5.91 Å². The van der Waals surface area contributed by atoms with Gasteiger partial charge in [0.1, 0.15) is 0 Å². The van der Waals surface area contributed by atoms with Gasteiger partial charge in [-0.2, -0.15) is 0 Å². The Morgan fingerprint density at radius 2 is 2.14 bits per heavy atom. The van der Waals surface area contributed by atoms with Crippen LogP contribution < -0.4 is 5.32 Å². The van der Waals surface area contributed by atoms with Crippen LogP contribution in [0.5, 0.6) is 0 Å². The van der Waals surface area contributed by atoms with Crippen molar-refractivity contribution >= 4 is 5.91 Å². The first-order chi connectivity index (χ1) is 10.2. The Morgan fingerprint density at radius 1 is 1.38 bits per heavy atom. The van der Waals surface area contributed by atoms with Crippen LogP contribution in [0.25, 0.3) is 0 Å². The van der Waals surface area contributed by atoms with Crippen LogP contribution in [0.4, 0.5) is 0 Å². The molecule has 1 aliphatic rings. The number of nitrogens with one attached hydrogen (secondary N) is 1. The number of nitrogens with zero attached hydrogens (tertiary/aromatic N) is 1. The second-order valence-electron chi connectivity index (χ2n) is 5.59. The molecule has 1 heterocycles. The van der Waals surface area contributed by atoms with E-state index in [1.165, 1.54) is 12.0 Å². The molecule has 1 atom stereocenters. The zero-order valence-corrected chi connectivity index (χ0v) is 13.1. The average Bonchev–Trinajstić information content (AvgIpc) is 3.04. The monoisotopic (exact) mass is 290 g/mol. The molecule has 1 amide bonds. The molecule has 0 bridgehead atoms. The van der Waals surface area contributed by atoms with E-state index in [1.807, 2.05) is 29.2 Å². The molecule has 0 aliphatic carbocycles. The van der Waals surface area contributed by atoms with Crippen LogP contribution in [-0.4, -0.2) is 50.2 Å². The molecular weight excluding hydrogens is 264 g/mol. The number of methoxy groups -OCH3 is 1. The zero-order chi connectivity index (χ0) is 15.1. The molecule has 1 aromatic rings. The van der Waals surface area contributed by atoms with Crippen LogP contribution in [0.2, 0.25) is 0 Å². The largest absolute Gasteiger partial charge is 0.383 e. The Kier molecular flexibility index (Phi) is 6.21. The molecule has 1 aliphatic heterocycles. The summed E-state index contributed by atoms with van der Waals surface area (Å²) >= 11 is 0. The number of rotatable bonds is 7. The SMILES string of the molecule is CCc1ccc(C(=O)N(CCOC)CC2CCCN2)cc1. The number of carbonyl (C=O) groups excluding carboxylic acids is 1. The lowest BCUT2D eigenvalue weighted by Gasteiger charge is -2.26. The molecule has 1 unspecified atom stereocenters. The molecule has 1 fully saturated rings. The normalized spacial score (nSPS) is 17.9. The van der Waals surface area contributed by atoms with E-state index in [4.69, 9.17) is 4.74 Å². The van der Waals surface area contributed by atoms with Crippen LogP contribution >= 0.6 is 0 Å². The minimum atomic E-state index is 0.100. The average molecular weight is 290 g/mol. The number of aryl methyl sites for hydroxylation is 1. The van der Waals surface area contributed by atoms with E-state index in [0.29, 0.717) is 19.2 Å². The van der Waals surface area contributed by atoms with Crippen molar-refractivity contribution in [3.05, 3.63) is 35.4 Å². The van der Waals surface area contributed by atoms with Crippen molar-refractivity contribution in [3.63, 3.8) is 0 Å². The van der Waals surface area contributed by atoms with Crippen molar-refractivity contribution in [2.24, 2.45) is 0 Å². The highest BCUT2D eigenvalue weighted by atomic mass is 16.5. The summed E-state index contributed by atoms with van der Waals surface area (Å²) < 4.78 is 5.15. The molecule has 116 valence electrons. The van der Waals surface area contributed by atoms with E-state index in [2.05, 4.69) is 12.2 Å². The third-order valence-electron chi connectivity index (χ3n) is 4.06. The third-order valence-corrected chi connectivity index (χ3v) is 4.06. The predicted octanol–water partition coefficient (Wildman–Crippen LogP) is 2.09. The molecule has 4 nitrogen and oxygen atoms in total. The third kappa shape index (κ3) is 4.55. The number of carbonyl (C=O) groups is 1. The maximum Gasteiger partial charge on any atom is 0.253 e. The molecule has 1 aromatic carbocycles. The van der Waals surface area contributed by atoms with E-state index >= 15 is 0 Å². The second-order valence-corrected chi connectivity index (χ2v) is 5.59. The fourth-order valence-electron chi connectivity index (χ4n) is 2.72. The molecule has 2 rings (SSSR count). The number of hydrogen-bond donors (Lipinski definition) is 1. The van der Waals surface area contributed by atoms with Crippen LogP contribution in [0, 0.1) is 0 Å². The highest BCUT2D eigenvalue weighted by Gasteiger charge is 2.22. The summed E-state index contributed by atoms with van der Waals surface area (Å²) in [5.41, 5.74) is 2.02. The molecule has 0 aromatic heterocycles. The molecule has 1 saturated heterocycles. The molecule has 4 heteroatoms. The van der Waals surface area contributed by atoms with Crippen LogP contribution in [0.1, 0.15) is 35.7 Å². The zero-order valence-electron chi connectivity index (χ0n) is 13.1. The first kappa shape index (κ1) is 16.0. The van der Waals surface area contributed by atoms with Gasteiger partial charge in [-0.3, -0.25) is 4.79 Å². The lowest BCUT2D eigenvalue weighted by molar-refractivity contribution is 0.0679. The van der Waals surface area contributed by atoms with Crippen molar-refractivity contribution < 1.29 is 9.53 Å². The number of ether oxygens (including phenoxy) is 1. The van der Waals surface area contributed by atoms with E-state index < -0.39 is 0 Å². The summed E-state index contributed by atoms with van der Waals surface area (Å²) in [7, 11) is 1.67. The smallest absolute Gasteiger partial charge is 0.253 e. The van der Waals surface area contributed by atoms with Gasteiger partial charge < -0.3 is 15.0 Å². The maximum atomic E-state index is 12.7. The minimum absolute atomic E-state index is 0.100. The second kappa shape index (κ2) is 8.15. The fraction of sp³-hybridized carbons (Fsp3) is 0.588. The Hall–Kier alpha value is -1.39. The Bertz CT molecular complexity index is 439. The number of hydrogen-bond acceptors (Lipinski definition) is 3. The number of amides is 1. The summed E-state index contributed by atoms with van der Waals surface area (Å²) in [5.74, 6) is 0.100. The lowest BCUT2D eigenvalue weighted by Crippen LogP contribution is -2.42. The van der Waals surface area contributed by atoms with Crippen LogP contribution in [-0.2, 0) is 11.2 Å². The van der Waals surface area contributed by atoms with Gasteiger partial charge in [-0.15, -0.1) is 0 Å². The number of benzene rings is 1. The van der Waals surface area contributed by atoms with E-state index in [9.17, 15) is 4.79 Å². The Morgan fingerprint density at radius 3 is 2.71 bits per heavy atom. The van der Waals surface area contributed by atoms with Gasteiger partial charge in [-0.1, -0.05) is 19.1 Å². The summed E-state index contributed by atoms with van der Waals surface area (Å²) in [5, 5.41) is 3.45.